The van der Waals surface area contributed by atoms with Crippen LogP contribution in [0.2, 0.25) is 0 Å². The molecule has 0 atom stereocenters. The molecule has 0 saturated heterocycles. The van der Waals surface area contributed by atoms with Gasteiger partial charge < -0.3 is 18.6 Å². The van der Waals surface area contributed by atoms with Crippen LogP contribution in [-0.2, 0) is 27.2 Å². The third-order valence-electron chi connectivity index (χ3n) is 4.79. The summed E-state index contributed by atoms with van der Waals surface area (Å²) in [6.45, 7) is 4.45. The van der Waals surface area contributed by atoms with Crippen molar-refractivity contribution in [2.75, 3.05) is 34.1 Å². The third-order valence-corrected chi connectivity index (χ3v) is 4.79. The fraction of sp³-hybridized carbons (Fsp3) is 0.500. The molecule has 1 aliphatic heterocycles. The van der Waals surface area contributed by atoms with Gasteiger partial charge in [0.05, 0.1) is 12.7 Å². The minimum Gasteiger partial charge on any atom is -0.477 e. The van der Waals surface area contributed by atoms with E-state index in [9.17, 15) is 9.59 Å². The van der Waals surface area contributed by atoms with Crippen LogP contribution in [0.15, 0.2) is 21.3 Å². The number of carbonyl (C=O) groups excluding carboxylic acids is 1. The van der Waals surface area contributed by atoms with Gasteiger partial charge >= 0.3 is 11.6 Å². The standard InChI is InChI=1S/C20H25NO6/c1-13-9-18(23)27-20-15(13)10-14(5-6-17(22)25-3)19-16(20)11-21(12-26-19)7-4-8-24-2/h9-10H,4-8,11-12H2,1-3H3. The van der Waals surface area contributed by atoms with Crippen molar-refractivity contribution in [2.24, 2.45) is 0 Å². The molecule has 1 aromatic heterocycles. The Balaban J connectivity index is 2.00. The van der Waals surface area contributed by atoms with Crippen LogP contribution in [0.3, 0.4) is 0 Å². The van der Waals surface area contributed by atoms with Gasteiger partial charge in [0, 0.05) is 44.7 Å². The summed E-state index contributed by atoms with van der Waals surface area (Å²) in [5.74, 6) is 0.445. The number of esters is 1. The molecule has 2 aromatic rings. The van der Waals surface area contributed by atoms with Crippen LogP contribution in [0, 0.1) is 6.92 Å². The zero-order chi connectivity index (χ0) is 19.4. The van der Waals surface area contributed by atoms with Crippen LogP contribution in [-0.4, -0.2) is 45.0 Å². The highest BCUT2D eigenvalue weighted by molar-refractivity contribution is 5.86. The smallest absolute Gasteiger partial charge is 0.336 e. The zero-order valence-electron chi connectivity index (χ0n) is 16.0. The SMILES string of the molecule is COCCCN1COc2c(CCC(=O)OC)cc3c(C)cc(=O)oc3c2C1. The highest BCUT2D eigenvalue weighted by atomic mass is 16.5. The summed E-state index contributed by atoms with van der Waals surface area (Å²) in [5, 5.41) is 0.871. The Morgan fingerprint density at radius 2 is 2.11 bits per heavy atom. The number of benzene rings is 1. The van der Waals surface area contributed by atoms with Crippen molar-refractivity contribution in [3.8, 4) is 5.75 Å². The van der Waals surface area contributed by atoms with Crippen molar-refractivity contribution in [3.05, 3.63) is 39.2 Å². The van der Waals surface area contributed by atoms with Gasteiger partial charge in [-0.15, -0.1) is 0 Å². The molecule has 27 heavy (non-hydrogen) atoms. The molecule has 0 spiro atoms. The van der Waals surface area contributed by atoms with Crippen molar-refractivity contribution >= 4 is 16.9 Å². The Kier molecular flexibility index (Phi) is 6.13. The van der Waals surface area contributed by atoms with E-state index >= 15 is 0 Å². The summed E-state index contributed by atoms with van der Waals surface area (Å²) >= 11 is 0. The Morgan fingerprint density at radius 1 is 1.30 bits per heavy atom. The summed E-state index contributed by atoms with van der Waals surface area (Å²) in [6, 6.07) is 3.44. The summed E-state index contributed by atoms with van der Waals surface area (Å²) < 4.78 is 21.4. The number of ether oxygens (including phenoxy) is 3. The summed E-state index contributed by atoms with van der Waals surface area (Å²) in [6.07, 6.45) is 1.66. The number of hydrogen-bond acceptors (Lipinski definition) is 7. The molecule has 0 amide bonds. The average Bonchev–Trinajstić information content (AvgIpc) is 2.66. The molecular weight excluding hydrogens is 350 g/mol. The highest BCUT2D eigenvalue weighted by Crippen LogP contribution is 2.37. The maximum atomic E-state index is 11.9. The number of rotatable bonds is 7. The Bertz CT molecular complexity index is 888. The van der Waals surface area contributed by atoms with Gasteiger partial charge in [-0.25, -0.2) is 4.79 Å². The minimum atomic E-state index is -0.374. The molecule has 7 nitrogen and oxygen atoms in total. The van der Waals surface area contributed by atoms with Crippen molar-refractivity contribution in [1.82, 2.24) is 4.90 Å². The highest BCUT2D eigenvalue weighted by Gasteiger charge is 2.25. The summed E-state index contributed by atoms with van der Waals surface area (Å²) in [7, 11) is 3.06. The molecular formula is C20H25NO6. The maximum Gasteiger partial charge on any atom is 0.336 e. The van der Waals surface area contributed by atoms with Crippen molar-refractivity contribution in [1.29, 1.82) is 0 Å². The molecule has 0 radical (unpaired) electrons. The van der Waals surface area contributed by atoms with Gasteiger partial charge in [-0.3, -0.25) is 9.69 Å². The molecule has 0 bridgehead atoms. The molecule has 1 aliphatic rings. The second kappa shape index (κ2) is 8.54. The molecule has 2 heterocycles. The molecule has 3 rings (SSSR count). The Labute approximate surface area is 157 Å². The number of fused-ring (bicyclic) bond motifs is 3. The molecule has 1 aromatic carbocycles. The largest absolute Gasteiger partial charge is 0.477 e. The van der Waals surface area contributed by atoms with Crippen molar-refractivity contribution in [3.63, 3.8) is 0 Å². The Morgan fingerprint density at radius 3 is 2.85 bits per heavy atom. The van der Waals surface area contributed by atoms with E-state index in [0.717, 1.165) is 35.0 Å². The lowest BCUT2D eigenvalue weighted by atomic mass is 9.97. The number of hydrogen-bond donors (Lipinski definition) is 0. The van der Waals surface area contributed by atoms with E-state index in [2.05, 4.69) is 4.90 Å². The van der Waals surface area contributed by atoms with Gasteiger partial charge in [-0.2, -0.15) is 0 Å². The van der Waals surface area contributed by atoms with Crippen molar-refractivity contribution < 1.29 is 23.4 Å². The first-order valence-corrected chi connectivity index (χ1v) is 9.03. The predicted molar refractivity (Wildman–Crippen MR) is 100.0 cm³/mol. The van der Waals surface area contributed by atoms with Crippen LogP contribution in [0.1, 0.15) is 29.5 Å². The molecule has 7 heteroatoms. The number of aryl methyl sites for hydroxylation is 2. The van der Waals surface area contributed by atoms with Crippen LogP contribution in [0.5, 0.6) is 5.75 Å². The third kappa shape index (κ3) is 4.31. The van der Waals surface area contributed by atoms with Gasteiger partial charge in [0.25, 0.3) is 0 Å². The fourth-order valence-corrected chi connectivity index (χ4v) is 3.41. The normalized spacial score (nSPS) is 14.0. The second-order valence-corrected chi connectivity index (χ2v) is 6.72. The molecule has 146 valence electrons. The topological polar surface area (TPSA) is 78.2 Å². The van der Waals surface area contributed by atoms with Gasteiger partial charge in [-0.05, 0) is 37.0 Å². The van der Waals surface area contributed by atoms with Gasteiger partial charge in [0.2, 0.25) is 0 Å². The van der Waals surface area contributed by atoms with Crippen molar-refractivity contribution in [2.45, 2.75) is 32.7 Å². The fourth-order valence-electron chi connectivity index (χ4n) is 3.41. The first kappa shape index (κ1) is 19.4. The maximum absolute atomic E-state index is 11.9. The minimum absolute atomic E-state index is 0.267. The van der Waals surface area contributed by atoms with E-state index in [0.29, 0.717) is 37.6 Å². The lowest BCUT2D eigenvalue weighted by Crippen LogP contribution is -2.34. The number of carbonyl (C=O) groups is 1. The van der Waals surface area contributed by atoms with Gasteiger partial charge in [0.15, 0.2) is 0 Å². The van der Waals surface area contributed by atoms with E-state index < -0.39 is 0 Å². The first-order valence-electron chi connectivity index (χ1n) is 9.03. The Hall–Kier alpha value is -2.38. The quantitative estimate of drug-likeness (QED) is 0.418. The van der Waals surface area contributed by atoms with E-state index in [1.54, 1.807) is 7.11 Å². The van der Waals surface area contributed by atoms with Gasteiger partial charge in [-0.1, -0.05) is 0 Å². The molecule has 0 saturated carbocycles. The van der Waals surface area contributed by atoms with Crippen LogP contribution in [0.25, 0.3) is 11.0 Å². The number of methoxy groups -OCH3 is 2. The van der Waals surface area contributed by atoms with E-state index in [1.807, 2.05) is 13.0 Å². The van der Waals surface area contributed by atoms with Crippen LogP contribution >= 0.6 is 0 Å². The lowest BCUT2D eigenvalue weighted by Gasteiger charge is -2.30. The van der Waals surface area contributed by atoms with E-state index in [1.165, 1.54) is 13.2 Å². The van der Waals surface area contributed by atoms with Crippen LogP contribution < -0.4 is 10.4 Å². The average molecular weight is 375 g/mol. The molecule has 0 aliphatic carbocycles. The van der Waals surface area contributed by atoms with Gasteiger partial charge in [0.1, 0.15) is 18.1 Å². The molecule has 0 unspecified atom stereocenters. The summed E-state index contributed by atoms with van der Waals surface area (Å²) in [5.41, 5.74) is 2.82. The second-order valence-electron chi connectivity index (χ2n) is 6.72. The monoisotopic (exact) mass is 375 g/mol. The predicted octanol–water partition coefficient (Wildman–Crippen LogP) is 2.40. The molecule has 0 N–H and O–H groups in total. The zero-order valence-corrected chi connectivity index (χ0v) is 16.0. The lowest BCUT2D eigenvalue weighted by molar-refractivity contribution is -0.140. The first-order chi connectivity index (χ1) is 13.0. The van der Waals surface area contributed by atoms with E-state index in [-0.39, 0.29) is 18.0 Å². The summed E-state index contributed by atoms with van der Waals surface area (Å²) in [4.78, 5) is 25.7. The molecule has 0 fully saturated rings. The number of nitrogens with zero attached hydrogens (tertiary/aromatic N) is 1. The van der Waals surface area contributed by atoms with Crippen LogP contribution in [0.4, 0.5) is 0 Å². The van der Waals surface area contributed by atoms with E-state index in [4.69, 9.17) is 18.6 Å².